The van der Waals surface area contributed by atoms with Gasteiger partial charge in [-0.05, 0) is 31.0 Å². The van der Waals surface area contributed by atoms with Gasteiger partial charge in [0.2, 0.25) is 5.91 Å². The molecule has 1 aromatic carbocycles. The second-order valence-corrected chi connectivity index (χ2v) is 5.18. The third kappa shape index (κ3) is 3.04. The summed E-state index contributed by atoms with van der Waals surface area (Å²) in [6.45, 7) is 4.72. The number of hydrogen-bond donors (Lipinski definition) is 2. The normalized spacial score (nSPS) is 13.4. The summed E-state index contributed by atoms with van der Waals surface area (Å²) in [5, 5.41) is 0. The van der Waals surface area contributed by atoms with Crippen molar-refractivity contribution < 1.29 is 13.6 Å². The fraction of sp³-hybridized carbons (Fsp3) is 0.462. The zero-order valence-electron chi connectivity index (χ0n) is 10.8. The highest BCUT2D eigenvalue weighted by Gasteiger charge is 2.29. The number of halogens is 2. The number of carbonyl (C=O) groups is 1. The Morgan fingerprint density at radius 3 is 2.39 bits per heavy atom. The molecule has 0 bridgehead atoms. The first-order chi connectivity index (χ1) is 8.15. The number of carbonyl (C=O) groups excluding carboxylic acids is 1. The van der Waals surface area contributed by atoms with E-state index in [-0.39, 0.29) is 17.5 Å². The summed E-state index contributed by atoms with van der Waals surface area (Å²) in [6, 6.07) is 1.40. The Kier molecular flexibility index (Phi) is 4.06. The fourth-order valence-electron chi connectivity index (χ4n) is 1.71. The maximum Gasteiger partial charge on any atom is 0.223 e. The van der Waals surface area contributed by atoms with E-state index in [0.717, 1.165) is 12.1 Å². The van der Waals surface area contributed by atoms with E-state index >= 15 is 0 Å². The van der Waals surface area contributed by atoms with Crippen molar-refractivity contribution in [3.63, 3.8) is 0 Å². The minimum atomic E-state index is -0.868. The number of nitrogens with two attached hydrogens (primary N) is 2. The minimum Gasteiger partial charge on any atom is -0.369 e. The van der Waals surface area contributed by atoms with Gasteiger partial charge in [-0.25, -0.2) is 8.78 Å². The van der Waals surface area contributed by atoms with Gasteiger partial charge in [0.1, 0.15) is 11.6 Å². The van der Waals surface area contributed by atoms with Crippen LogP contribution in [-0.4, -0.2) is 5.91 Å². The van der Waals surface area contributed by atoms with Crippen LogP contribution in [0.1, 0.15) is 37.4 Å². The van der Waals surface area contributed by atoms with Crippen LogP contribution in [0.4, 0.5) is 8.78 Å². The molecule has 0 aliphatic carbocycles. The highest BCUT2D eigenvalue weighted by atomic mass is 19.1. The summed E-state index contributed by atoms with van der Waals surface area (Å²) < 4.78 is 27.1. The zero-order chi connectivity index (χ0) is 14.1. The van der Waals surface area contributed by atoms with Crippen LogP contribution in [0.5, 0.6) is 0 Å². The first-order valence-corrected chi connectivity index (χ1v) is 5.66. The lowest BCUT2D eigenvalue weighted by atomic mass is 9.83. The van der Waals surface area contributed by atoms with Gasteiger partial charge in [-0.3, -0.25) is 4.79 Å². The van der Waals surface area contributed by atoms with Crippen molar-refractivity contribution >= 4 is 5.91 Å². The molecule has 0 aliphatic heterocycles. The highest BCUT2D eigenvalue weighted by Crippen LogP contribution is 2.30. The summed E-state index contributed by atoms with van der Waals surface area (Å²) >= 11 is 0. The third-order valence-electron chi connectivity index (χ3n) is 3.07. The molecule has 100 valence electrons. The van der Waals surface area contributed by atoms with Crippen LogP contribution in [0.3, 0.4) is 0 Å². The molecule has 0 spiro atoms. The van der Waals surface area contributed by atoms with Crippen molar-refractivity contribution in [1.82, 2.24) is 0 Å². The standard InChI is InChI=1S/C13H18F2N2O/c1-7-4-10(15)8(5-9(7)14)11(16)6-13(2,3)12(17)18/h4-5,11H,6,16H2,1-3H3,(H2,17,18). The van der Waals surface area contributed by atoms with Gasteiger partial charge in [-0.2, -0.15) is 0 Å². The Hall–Kier alpha value is -1.49. The maximum absolute atomic E-state index is 13.7. The molecule has 1 atom stereocenters. The molecule has 5 heteroatoms. The van der Waals surface area contributed by atoms with E-state index in [2.05, 4.69) is 0 Å². The van der Waals surface area contributed by atoms with Gasteiger partial charge in [-0.1, -0.05) is 13.8 Å². The lowest BCUT2D eigenvalue weighted by Crippen LogP contribution is -2.34. The summed E-state index contributed by atoms with van der Waals surface area (Å²) in [5.74, 6) is -1.61. The molecular formula is C13H18F2N2O. The highest BCUT2D eigenvalue weighted by molar-refractivity contribution is 5.79. The molecule has 1 amide bonds. The summed E-state index contributed by atoms with van der Waals surface area (Å²) in [7, 11) is 0. The predicted molar refractivity (Wildman–Crippen MR) is 65.6 cm³/mol. The molecule has 0 radical (unpaired) electrons. The van der Waals surface area contributed by atoms with Gasteiger partial charge < -0.3 is 11.5 Å². The molecule has 0 saturated carbocycles. The predicted octanol–water partition coefficient (Wildman–Crippen LogP) is 2.17. The number of primary amides is 1. The largest absolute Gasteiger partial charge is 0.369 e. The Bertz CT molecular complexity index is 472. The SMILES string of the molecule is Cc1cc(F)c(C(N)CC(C)(C)C(N)=O)cc1F. The van der Waals surface area contributed by atoms with Gasteiger partial charge in [0.25, 0.3) is 0 Å². The van der Waals surface area contributed by atoms with Gasteiger partial charge in [0, 0.05) is 17.0 Å². The van der Waals surface area contributed by atoms with Crippen LogP contribution in [0.25, 0.3) is 0 Å². The van der Waals surface area contributed by atoms with Crippen LogP contribution in [0, 0.1) is 24.0 Å². The molecule has 0 aliphatic rings. The van der Waals surface area contributed by atoms with E-state index in [0.29, 0.717) is 0 Å². The van der Waals surface area contributed by atoms with Crippen LogP contribution in [0.2, 0.25) is 0 Å². The fourth-order valence-corrected chi connectivity index (χ4v) is 1.71. The molecule has 18 heavy (non-hydrogen) atoms. The molecular weight excluding hydrogens is 238 g/mol. The molecule has 3 nitrogen and oxygen atoms in total. The lowest BCUT2D eigenvalue weighted by molar-refractivity contribution is -0.126. The van der Waals surface area contributed by atoms with Crippen molar-refractivity contribution in [1.29, 1.82) is 0 Å². The van der Waals surface area contributed by atoms with Crippen LogP contribution < -0.4 is 11.5 Å². The number of aryl methyl sites for hydroxylation is 1. The first kappa shape index (κ1) is 14.6. The van der Waals surface area contributed by atoms with Gasteiger partial charge in [-0.15, -0.1) is 0 Å². The summed E-state index contributed by atoms with van der Waals surface area (Å²) in [5.41, 5.74) is 10.5. The molecule has 0 aromatic heterocycles. The van der Waals surface area contributed by atoms with Gasteiger partial charge in [0.05, 0.1) is 0 Å². The Morgan fingerprint density at radius 2 is 1.89 bits per heavy atom. The Morgan fingerprint density at radius 1 is 1.33 bits per heavy atom. The average Bonchev–Trinajstić information content (AvgIpc) is 2.22. The van der Waals surface area contributed by atoms with Gasteiger partial charge >= 0.3 is 0 Å². The Balaban J connectivity index is 3.01. The minimum absolute atomic E-state index is 0.0624. The number of benzene rings is 1. The molecule has 1 unspecified atom stereocenters. The number of hydrogen-bond acceptors (Lipinski definition) is 2. The zero-order valence-corrected chi connectivity index (χ0v) is 10.8. The van der Waals surface area contributed by atoms with Crippen molar-refractivity contribution in [2.45, 2.75) is 33.2 Å². The van der Waals surface area contributed by atoms with E-state index in [1.165, 1.54) is 6.92 Å². The smallest absolute Gasteiger partial charge is 0.223 e. The molecule has 4 N–H and O–H groups in total. The lowest BCUT2D eigenvalue weighted by Gasteiger charge is -2.25. The van der Waals surface area contributed by atoms with Crippen molar-refractivity contribution in [2.24, 2.45) is 16.9 Å². The molecule has 0 saturated heterocycles. The van der Waals surface area contributed by atoms with E-state index in [4.69, 9.17) is 11.5 Å². The van der Waals surface area contributed by atoms with Crippen molar-refractivity contribution in [3.8, 4) is 0 Å². The van der Waals surface area contributed by atoms with E-state index in [1.807, 2.05) is 0 Å². The van der Waals surface area contributed by atoms with Crippen molar-refractivity contribution in [3.05, 3.63) is 34.9 Å². The van der Waals surface area contributed by atoms with Crippen molar-refractivity contribution in [2.75, 3.05) is 0 Å². The van der Waals surface area contributed by atoms with E-state index < -0.39 is 29.0 Å². The first-order valence-electron chi connectivity index (χ1n) is 5.66. The van der Waals surface area contributed by atoms with E-state index in [9.17, 15) is 13.6 Å². The van der Waals surface area contributed by atoms with Crippen LogP contribution in [0.15, 0.2) is 12.1 Å². The molecule has 0 heterocycles. The number of amides is 1. The molecule has 1 aromatic rings. The third-order valence-corrected chi connectivity index (χ3v) is 3.07. The monoisotopic (exact) mass is 256 g/mol. The summed E-state index contributed by atoms with van der Waals surface area (Å²) in [6.07, 6.45) is 0.155. The van der Waals surface area contributed by atoms with Gasteiger partial charge in [0.15, 0.2) is 0 Å². The maximum atomic E-state index is 13.7. The summed E-state index contributed by atoms with van der Waals surface area (Å²) in [4.78, 5) is 11.2. The molecule has 0 fully saturated rings. The molecule has 1 rings (SSSR count). The van der Waals surface area contributed by atoms with E-state index in [1.54, 1.807) is 13.8 Å². The average molecular weight is 256 g/mol. The second kappa shape index (κ2) is 5.02. The Labute approximate surface area is 105 Å². The van der Waals surface area contributed by atoms with Crippen LogP contribution >= 0.6 is 0 Å². The topological polar surface area (TPSA) is 69.1 Å². The quantitative estimate of drug-likeness (QED) is 0.866. The second-order valence-electron chi connectivity index (χ2n) is 5.18. The number of rotatable bonds is 4. The van der Waals surface area contributed by atoms with Crippen LogP contribution in [-0.2, 0) is 4.79 Å².